The summed E-state index contributed by atoms with van der Waals surface area (Å²) in [5, 5.41) is 2.62. The molecule has 4 rings (SSSR count). The molecule has 0 radical (unpaired) electrons. The number of carbonyl (C=O) groups is 1. The van der Waals surface area contributed by atoms with Crippen LogP contribution in [0.15, 0.2) is 60.1 Å². The Morgan fingerprint density at radius 1 is 1.00 bits per heavy atom. The molecular formula is C20H18ClN3OS. The van der Waals surface area contributed by atoms with Gasteiger partial charge in [0.15, 0.2) is 0 Å². The van der Waals surface area contributed by atoms with Crippen molar-refractivity contribution in [1.29, 1.82) is 0 Å². The second kappa shape index (κ2) is 7.48. The summed E-state index contributed by atoms with van der Waals surface area (Å²) in [6.07, 6.45) is 1.66. The Morgan fingerprint density at radius 2 is 1.77 bits per heavy atom. The molecule has 1 aromatic carbocycles. The first-order valence-electron chi connectivity index (χ1n) is 8.51. The van der Waals surface area contributed by atoms with Gasteiger partial charge in [0.25, 0.3) is 5.91 Å². The van der Waals surface area contributed by atoms with Crippen molar-refractivity contribution in [2.75, 3.05) is 31.1 Å². The number of thiophene rings is 1. The summed E-state index contributed by atoms with van der Waals surface area (Å²) in [7, 11) is 0. The topological polar surface area (TPSA) is 36.4 Å². The fraction of sp³-hybridized carbons (Fsp3) is 0.200. The fourth-order valence-electron chi connectivity index (χ4n) is 3.16. The second-order valence-corrected chi connectivity index (χ2v) is 7.50. The number of halogens is 1. The van der Waals surface area contributed by atoms with Gasteiger partial charge in [0.05, 0.1) is 9.90 Å². The number of benzene rings is 1. The Balaban J connectivity index is 1.46. The van der Waals surface area contributed by atoms with Crippen molar-refractivity contribution in [3.63, 3.8) is 0 Å². The van der Waals surface area contributed by atoms with Gasteiger partial charge in [0.1, 0.15) is 5.82 Å². The highest BCUT2D eigenvalue weighted by Crippen LogP contribution is 2.29. The number of piperazine rings is 1. The van der Waals surface area contributed by atoms with Gasteiger partial charge in [-0.3, -0.25) is 4.79 Å². The van der Waals surface area contributed by atoms with Gasteiger partial charge < -0.3 is 9.80 Å². The van der Waals surface area contributed by atoms with Crippen LogP contribution in [-0.2, 0) is 0 Å². The molecule has 0 saturated carbocycles. The lowest BCUT2D eigenvalue weighted by Gasteiger charge is -2.35. The highest BCUT2D eigenvalue weighted by molar-refractivity contribution is 7.12. The molecule has 132 valence electrons. The molecule has 3 heterocycles. The third-order valence-electron chi connectivity index (χ3n) is 4.55. The minimum atomic E-state index is 0.113. The maximum atomic E-state index is 13.0. The Morgan fingerprint density at radius 3 is 2.46 bits per heavy atom. The Kier molecular flexibility index (Phi) is 4.91. The molecule has 2 aromatic heterocycles. The Hall–Kier alpha value is -2.37. The van der Waals surface area contributed by atoms with Crippen molar-refractivity contribution >= 4 is 34.7 Å². The zero-order valence-electron chi connectivity index (χ0n) is 14.1. The van der Waals surface area contributed by atoms with Crippen LogP contribution in [0.3, 0.4) is 0 Å². The van der Waals surface area contributed by atoms with Crippen LogP contribution in [-0.4, -0.2) is 42.0 Å². The van der Waals surface area contributed by atoms with Gasteiger partial charge in [-0.1, -0.05) is 41.9 Å². The van der Waals surface area contributed by atoms with Crippen molar-refractivity contribution in [3.8, 4) is 11.1 Å². The predicted molar refractivity (Wildman–Crippen MR) is 107 cm³/mol. The van der Waals surface area contributed by atoms with E-state index in [4.69, 9.17) is 11.6 Å². The van der Waals surface area contributed by atoms with E-state index in [1.165, 1.54) is 11.3 Å². The second-order valence-electron chi connectivity index (χ2n) is 6.14. The molecule has 26 heavy (non-hydrogen) atoms. The number of carbonyl (C=O) groups excluding carboxylic acids is 1. The normalized spacial score (nSPS) is 14.5. The van der Waals surface area contributed by atoms with Crippen LogP contribution in [0.1, 0.15) is 9.67 Å². The van der Waals surface area contributed by atoms with Gasteiger partial charge in [-0.15, -0.1) is 11.3 Å². The van der Waals surface area contributed by atoms with E-state index in [1.54, 1.807) is 6.20 Å². The molecule has 1 saturated heterocycles. The zero-order chi connectivity index (χ0) is 17.9. The highest BCUT2D eigenvalue weighted by atomic mass is 35.5. The molecule has 0 spiro atoms. The number of pyridine rings is 1. The average molecular weight is 384 g/mol. The molecule has 1 aliphatic rings. The number of hydrogen-bond acceptors (Lipinski definition) is 4. The quantitative estimate of drug-likeness (QED) is 0.671. The monoisotopic (exact) mass is 383 g/mol. The summed E-state index contributed by atoms with van der Waals surface area (Å²) >= 11 is 7.42. The summed E-state index contributed by atoms with van der Waals surface area (Å²) in [6, 6.07) is 15.9. The minimum Gasteiger partial charge on any atom is -0.353 e. The van der Waals surface area contributed by atoms with Gasteiger partial charge >= 0.3 is 0 Å². The Labute approximate surface area is 161 Å². The summed E-state index contributed by atoms with van der Waals surface area (Å²) in [5.74, 6) is 1.02. The van der Waals surface area contributed by atoms with Crippen LogP contribution in [0.2, 0.25) is 5.02 Å². The van der Waals surface area contributed by atoms with E-state index < -0.39 is 0 Å². The summed E-state index contributed by atoms with van der Waals surface area (Å²) < 4.78 is 0. The molecular weight excluding hydrogens is 366 g/mol. The van der Waals surface area contributed by atoms with Gasteiger partial charge in [-0.05, 0) is 29.1 Å². The Bertz CT molecular complexity index is 887. The van der Waals surface area contributed by atoms with Gasteiger partial charge in [0, 0.05) is 37.9 Å². The van der Waals surface area contributed by atoms with E-state index in [0.717, 1.165) is 34.9 Å². The van der Waals surface area contributed by atoms with Crippen LogP contribution in [0.25, 0.3) is 11.1 Å². The molecule has 0 bridgehead atoms. The first kappa shape index (κ1) is 17.1. The number of anilines is 1. The highest BCUT2D eigenvalue weighted by Gasteiger charge is 2.25. The average Bonchev–Trinajstić information content (AvgIpc) is 3.19. The molecule has 0 N–H and O–H groups in total. The van der Waals surface area contributed by atoms with Crippen molar-refractivity contribution < 1.29 is 4.79 Å². The number of amides is 1. The van der Waals surface area contributed by atoms with Gasteiger partial charge in [-0.25, -0.2) is 4.98 Å². The van der Waals surface area contributed by atoms with Crippen LogP contribution in [0.4, 0.5) is 5.82 Å². The molecule has 0 unspecified atom stereocenters. The first-order chi connectivity index (χ1) is 12.7. The lowest BCUT2D eigenvalue weighted by Crippen LogP contribution is -2.49. The van der Waals surface area contributed by atoms with Crippen molar-refractivity contribution in [3.05, 3.63) is 70.0 Å². The third kappa shape index (κ3) is 3.45. The van der Waals surface area contributed by atoms with E-state index in [1.807, 2.05) is 58.8 Å². The predicted octanol–water partition coefficient (Wildman–Crippen LogP) is 4.43. The summed E-state index contributed by atoms with van der Waals surface area (Å²) in [6.45, 7) is 2.92. The van der Waals surface area contributed by atoms with E-state index in [0.29, 0.717) is 18.1 Å². The van der Waals surface area contributed by atoms with Crippen molar-refractivity contribution in [1.82, 2.24) is 9.88 Å². The van der Waals surface area contributed by atoms with Crippen LogP contribution >= 0.6 is 22.9 Å². The standard InChI is InChI=1S/C20H18ClN3OS/c21-16-6-7-18(22-14-16)23-9-11-24(12-10-23)20(25)19-17(8-13-26-19)15-4-2-1-3-5-15/h1-8,13-14H,9-12H2. The fourth-order valence-corrected chi connectivity index (χ4v) is 4.15. The SMILES string of the molecule is O=C(c1sccc1-c1ccccc1)N1CCN(c2ccc(Cl)cn2)CC1. The lowest BCUT2D eigenvalue weighted by molar-refractivity contribution is 0.0752. The molecule has 1 fully saturated rings. The van der Waals surface area contributed by atoms with Gasteiger partial charge in [0.2, 0.25) is 0 Å². The summed E-state index contributed by atoms with van der Waals surface area (Å²) in [4.78, 5) is 22.3. The summed E-state index contributed by atoms with van der Waals surface area (Å²) in [5.41, 5.74) is 2.10. The third-order valence-corrected chi connectivity index (χ3v) is 5.67. The van der Waals surface area contributed by atoms with Crippen LogP contribution in [0, 0.1) is 0 Å². The van der Waals surface area contributed by atoms with Crippen LogP contribution < -0.4 is 4.90 Å². The number of aromatic nitrogens is 1. The number of nitrogens with zero attached hydrogens (tertiary/aromatic N) is 3. The zero-order valence-corrected chi connectivity index (χ0v) is 15.7. The molecule has 0 atom stereocenters. The lowest BCUT2D eigenvalue weighted by atomic mass is 10.1. The van der Waals surface area contributed by atoms with E-state index in [9.17, 15) is 4.79 Å². The minimum absolute atomic E-state index is 0.113. The molecule has 6 heteroatoms. The van der Waals surface area contributed by atoms with Crippen molar-refractivity contribution in [2.45, 2.75) is 0 Å². The van der Waals surface area contributed by atoms with E-state index >= 15 is 0 Å². The van der Waals surface area contributed by atoms with E-state index in [2.05, 4.69) is 9.88 Å². The van der Waals surface area contributed by atoms with E-state index in [-0.39, 0.29) is 5.91 Å². The molecule has 3 aromatic rings. The first-order valence-corrected chi connectivity index (χ1v) is 9.77. The largest absolute Gasteiger partial charge is 0.353 e. The number of hydrogen-bond donors (Lipinski definition) is 0. The maximum absolute atomic E-state index is 13.0. The van der Waals surface area contributed by atoms with Gasteiger partial charge in [-0.2, -0.15) is 0 Å². The molecule has 4 nitrogen and oxygen atoms in total. The molecule has 1 amide bonds. The maximum Gasteiger partial charge on any atom is 0.264 e. The number of rotatable bonds is 3. The van der Waals surface area contributed by atoms with Crippen molar-refractivity contribution in [2.24, 2.45) is 0 Å². The molecule has 0 aliphatic carbocycles. The smallest absolute Gasteiger partial charge is 0.264 e. The molecule has 1 aliphatic heterocycles. The van der Waals surface area contributed by atoms with Crippen LogP contribution in [0.5, 0.6) is 0 Å².